The molecule has 1 heterocycles. The molecule has 1 unspecified atom stereocenters. The van der Waals surface area contributed by atoms with Crippen molar-refractivity contribution in [1.29, 1.82) is 0 Å². The summed E-state index contributed by atoms with van der Waals surface area (Å²) in [4.78, 5) is 11.4. The number of amides is 1. The van der Waals surface area contributed by atoms with Crippen LogP contribution in [0, 0.1) is 0 Å². The molecule has 0 radical (unpaired) electrons. The van der Waals surface area contributed by atoms with E-state index < -0.39 is 31.0 Å². The smallest absolute Gasteiger partial charge is 0.287 e. The lowest BCUT2D eigenvalue weighted by molar-refractivity contribution is -0.127. The third-order valence-electron chi connectivity index (χ3n) is 2.05. The van der Waals surface area contributed by atoms with Gasteiger partial charge in [0.15, 0.2) is 0 Å². The molecule has 0 saturated heterocycles. The summed E-state index contributed by atoms with van der Waals surface area (Å²) in [6.07, 6.45) is 3.06. The first-order valence-electron chi connectivity index (χ1n) is 4.72. The molecule has 7 heteroatoms. The second-order valence-corrected chi connectivity index (χ2v) is 3.39. The molecule has 16 heavy (non-hydrogen) atoms. The molecule has 90 valence electrons. The van der Waals surface area contributed by atoms with Gasteiger partial charge in [0.1, 0.15) is 12.6 Å². The number of hydrogen-bond acceptors (Lipinski definition) is 3. The van der Waals surface area contributed by atoms with Crippen molar-refractivity contribution in [3.8, 4) is 0 Å². The quantitative estimate of drug-likeness (QED) is 0.762. The zero-order valence-electron chi connectivity index (χ0n) is 8.73. The molecule has 2 N–H and O–H groups in total. The van der Waals surface area contributed by atoms with Crippen molar-refractivity contribution in [3.05, 3.63) is 18.5 Å². The maximum absolute atomic E-state index is 12.6. The number of aliphatic hydroxyl groups is 1. The van der Waals surface area contributed by atoms with E-state index in [0.717, 1.165) is 0 Å². The molecule has 0 aromatic carbocycles. The minimum atomic E-state index is -3.29. The van der Waals surface area contributed by atoms with E-state index in [9.17, 15) is 13.6 Å². The van der Waals surface area contributed by atoms with Gasteiger partial charge in [-0.2, -0.15) is 5.10 Å². The van der Waals surface area contributed by atoms with E-state index in [1.807, 2.05) is 0 Å². The van der Waals surface area contributed by atoms with Crippen LogP contribution in [0.3, 0.4) is 0 Å². The van der Waals surface area contributed by atoms with Crippen LogP contribution in [0.4, 0.5) is 8.78 Å². The van der Waals surface area contributed by atoms with Crippen LogP contribution in [0.1, 0.15) is 13.0 Å². The van der Waals surface area contributed by atoms with Crippen molar-refractivity contribution >= 4 is 5.91 Å². The van der Waals surface area contributed by atoms with Crippen molar-refractivity contribution in [3.63, 3.8) is 0 Å². The van der Waals surface area contributed by atoms with Crippen LogP contribution in [0.2, 0.25) is 0 Å². The molecular weight excluding hydrogens is 220 g/mol. The lowest BCUT2D eigenvalue weighted by atomic mass is 10.3. The van der Waals surface area contributed by atoms with Gasteiger partial charge in [-0.1, -0.05) is 0 Å². The maximum Gasteiger partial charge on any atom is 0.287 e. The third kappa shape index (κ3) is 3.27. The van der Waals surface area contributed by atoms with Crippen LogP contribution in [-0.2, 0) is 4.79 Å². The number of aliphatic hydroxyl groups excluding tert-OH is 1. The zero-order valence-corrected chi connectivity index (χ0v) is 8.73. The highest BCUT2D eigenvalue weighted by molar-refractivity contribution is 5.79. The Labute approximate surface area is 91.1 Å². The molecular formula is C9H13F2N3O2. The summed E-state index contributed by atoms with van der Waals surface area (Å²) in [6, 6.07) is 0.969. The van der Waals surface area contributed by atoms with Crippen molar-refractivity contribution < 1.29 is 18.7 Å². The van der Waals surface area contributed by atoms with E-state index in [0.29, 0.717) is 0 Å². The Kier molecular flexibility index (Phi) is 3.94. The largest absolute Gasteiger partial charge is 0.390 e. The van der Waals surface area contributed by atoms with Crippen molar-refractivity contribution in [2.24, 2.45) is 0 Å². The lowest BCUT2D eigenvalue weighted by Crippen LogP contribution is -2.41. The van der Waals surface area contributed by atoms with E-state index in [4.69, 9.17) is 5.11 Å². The summed E-state index contributed by atoms with van der Waals surface area (Å²) in [5.41, 5.74) is 0. The molecule has 0 fully saturated rings. The summed E-state index contributed by atoms with van der Waals surface area (Å²) < 4.78 is 26.6. The maximum atomic E-state index is 12.6. The van der Waals surface area contributed by atoms with E-state index in [-0.39, 0.29) is 0 Å². The number of alkyl halides is 2. The first-order valence-corrected chi connectivity index (χ1v) is 4.72. The second-order valence-electron chi connectivity index (χ2n) is 3.39. The number of nitrogens with zero attached hydrogens (tertiary/aromatic N) is 2. The molecule has 1 atom stereocenters. The van der Waals surface area contributed by atoms with E-state index >= 15 is 0 Å². The van der Waals surface area contributed by atoms with Gasteiger partial charge >= 0.3 is 0 Å². The first-order chi connectivity index (χ1) is 7.46. The average Bonchev–Trinajstić information content (AvgIpc) is 2.78. The summed E-state index contributed by atoms with van der Waals surface area (Å²) >= 11 is 0. The van der Waals surface area contributed by atoms with Crippen molar-refractivity contribution in [2.45, 2.75) is 18.9 Å². The fourth-order valence-corrected chi connectivity index (χ4v) is 1.05. The topological polar surface area (TPSA) is 67.2 Å². The lowest BCUT2D eigenvalue weighted by Gasteiger charge is -2.16. The van der Waals surface area contributed by atoms with Gasteiger partial charge < -0.3 is 10.4 Å². The van der Waals surface area contributed by atoms with Crippen LogP contribution < -0.4 is 5.32 Å². The van der Waals surface area contributed by atoms with Crippen LogP contribution in [-0.4, -0.2) is 39.9 Å². The molecule has 0 bridgehead atoms. The Morgan fingerprint density at radius 3 is 2.88 bits per heavy atom. The summed E-state index contributed by atoms with van der Waals surface area (Å²) in [5.74, 6) is -3.86. The van der Waals surface area contributed by atoms with Crippen molar-refractivity contribution in [1.82, 2.24) is 15.1 Å². The van der Waals surface area contributed by atoms with E-state index in [2.05, 4.69) is 10.4 Å². The Hall–Kier alpha value is -1.50. The number of carbonyl (C=O) groups is 1. The first kappa shape index (κ1) is 12.6. The van der Waals surface area contributed by atoms with Crippen LogP contribution in [0.5, 0.6) is 0 Å². The van der Waals surface area contributed by atoms with Gasteiger partial charge in [0, 0.05) is 12.4 Å². The predicted molar refractivity (Wildman–Crippen MR) is 52.0 cm³/mol. The van der Waals surface area contributed by atoms with Crippen molar-refractivity contribution in [2.75, 3.05) is 13.2 Å². The summed E-state index contributed by atoms with van der Waals surface area (Å²) in [5, 5.41) is 14.2. The molecule has 0 spiro atoms. The minimum absolute atomic E-state index is 0.572. The fourth-order valence-electron chi connectivity index (χ4n) is 1.05. The fraction of sp³-hybridized carbons (Fsp3) is 0.556. The monoisotopic (exact) mass is 233 g/mol. The zero-order chi connectivity index (χ0) is 12.2. The second kappa shape index (κ2) is 5.02. The molecule has 1 aromatic heterocycles. The SMILES string of the molecule is CC(C(=O)NCC(F)(F)CO)n1cccn1. The number of nitrogens with one attached hydrogen (secondary N) is 1. The van der Waals surface area contributed by atoms with Gasteiger partial charge in [-0.25, -0.2) is 8.78 Å². The Morgan fingerprint density at radius 1 is 1.69 bits per heavy atom. The van der Waals surface area contributed by atoms with E-state index in [1.54, 1.807) is 19.2 Å². The molecule has 0 saturated carbocycles. The molecule has 1 amide bonds. The normalized spacial score (nSPS) is 13.5. The number of rotatable bonds is 5. The minimum Gasteiger partial charge on any atom is -0.390 e. The summed E-state index contributed by atoms with van der Waals surface area (Å²) in [6.45, 7) is -0.628. The molecule has 0 aliphatic carbocycles. The van der Waals surface area contributed by atoms with Crippen LogP contribution in [0.25, 0.3) is 0 Å². The molecule has 1 rings (SSSR count). The third-order valence-corrected chi connectivity index (χ3v) is 2.05. The van der Waals surface area contributed by atoms with Gasteiger partial charge in [-0.3, -0.25) is 9.48 Å². The van der Waals surface area contributed by atoms with Gasteiger partial charge in [0.05, 0.1) is 6.54 Å². The van der Waals surface area contributed by atoms with Crippen LogP contribution >= 0.6 is 0 Å². The van der Waals surface area contributed by atoms with Crippen LogP contribution in [0.15, 0.2) is 18.5 Å². The van der Waals surface area contributed by atoms with Gasteiger partial charge in [0.25, 0.3) is 5.92 Å². The average molecular weight is 233 g/mol. The standard InChI is InChI=1S/C9H13F2N3O2/c1-7(14-4-2-3-13-14)8(16)12-5-9(10,11)6-15/h2-4,7,15H,5-6H2,1H3,(H,12,16). The molecule has 1 aromatic rings. The molecule has 5 nitrogen and oxygen atoms in total. The number of carbonyl (C=O) groups excluding carboxylic acids is 1. The highest BCUT2D eigenvalue weighted by atomic mass is 19.3. The Morgan fingerprint density at radius 2 is 2.38 bits per heavy atom. The highest BCUT2D eigenvalue weighted by Crippen LogP contribution is 2.11. The molecule has 0 aliphatic heterocycles. The van der Waals surface area contributed by atoms with Gasteiger partial charge in [0.2, 0.25) is 5.91 Å². The Bertz CT molecular complexity index is 341. The highest BCUT2D eigenvalue weighted by Gasteiger charge is 2.29. The number of halogens is 2. The van der Waals surface area contributed by atoms with E-state index in [1.165, 1.54) is 10.9 Å². The van der Waals surface area contributed by atoms with Gasteiger partial charge in [-0.15, -0.1) is 0 Å². The Balaban J connectivity index is 2.47. The van der Waals surface area contributed by atoms with Gasteiger partial charge in [-0.05, 0) is 13.0 Å². The summed E-state index contributed by atoms with van der Waals surface area (Å²) in [7, 11) is 0. The molecule has 0 aliphatic rings. The number of aromatic nitrogens is 2. The predicted octanol–water partition coefficient (Wildman–Crippen LogP) is 0.188. The number of hydrogen-bond donors (Lipinski definition) is 2.